The maximum Gasteiger partial charge on any atom is 0.326 e. The van der Waals surface area contributed by atoms with E-state index in [0.29, 0.717) is 37.8 Å². The molecule has 26 heteroatoms. The average Bonchev–Trinajstić information content (AvgIpc) is 4.12. The van der Waals surface area contributed by atoms with Gasteiger partial charge in [-0.2, -0.15) is 5.21 Å². The molecule has 0 radical (unpaired) electrons. The first-order valence-corrected chi connectivity index (χ1v) is 29.7. The lowest BCUT2D eigenvalue weighted by molar-refractivity contribution is -0.145. The number of aliphatic carboxylic acids is 2. The fraction of sp³-hybridized carbons (Fsp3) is 0.755. The number of carbonyl (C=O) groups is 9. The number of Topliss-reactive ketones (excluding diaryl/α,β-unsaturated/α-hetero) is 4. The SMILES string of the molecule is CC(=O)[C@H](CCCCNC(=O)CC[C@H](CC(=O)CC[C@H](NC(=O)COCCOCCCC(=O)CCCS(=O)(=O)NC(=O)CCCCCCCCCCCCCCCc1nn[nH]n1)C(=O)O)C(=O)O)CC(=O)[C@@H](N)Cc1cnc[nH]1. The molecular formula is C53H88N10O15S. The summed E-state index contributed by atoms with van der Waals surface area (Å²) in [7, 11) is -3.85. The molecule has 0 saturated heterocycles. The Hall–Kier alpha value is -5.86. The molecule has 446 valence electrons. The number of tetrazole rings is 1. The molecule has 9 N–H and O–H groups in total. The van der Waals surface area contributed by atoms with E-state index in [1.807, 2.05) is 0 Å². The molecule has 0 spiro atoms. The van der Waals surface area contributed by atoms with Crippen molar-refractivity contribution in [3.05, 3.63) is 24.0 Å². The number of unbranched alkanes of at least 4 members (excludes halogenated alkanes) is 13. The Morgan fingerprint density at radius 3 is 1.94 bits per heavy atom. The third kappa shape index (κ3) is 36.1. The number of ether oxygens (including phenoxy) is 2. The number of aromatic amines is 2. The number of imidazole rings is 1. The van der Waals surface area contributed by atoms with Crippen LogP contribution in [0.25, 0.3) is 0 Å². The van der Waals surface area contributed by atoms with E-state index in [1.165, 1.54) is 58.2 Å². The molecule has 0 aromatic carbocycles. The number of aryl methyl sites for hydroxylation is 1. The van der Waals surface area contributed by atoms with E-state index in [9.17, 15) is 61.8 Å². The van der Waals surface area contributed by atoms with Crippen molar-refractivity contribution in [1.82, 2.24) is 45.9 Å². The molecule has 2 rings (SSSR count). The van der Waals surface area contributed by atoms with Gasteiger partial charge in [0.15, 0.2) is 11.6 Å². The van der Waals surface area contributed by atoms with Gasteiger partial charge in [0.1, 0.15) is 30.0 Å². The van der Waals surface area contributed by atoms with Gasteiger partial charge in [0, 0.05) is 88.7 Å². The molecule has 0 fully saturated rings. The largest absolute Gasteiger partial charge is 0.481 e. The summed E-state index contributed by atoms with van der Waals surface area (Å²) in [5.41, 5.74) is 6.73. The van der Waals surface area contributed by atoms with Gasteiger partial charge in [0.25, 0.3) is 0 Å². The van der Waals surface area contributed by atoms with Crippen molar-refractivity contribution in [3.63, 3.8) is 0 Å². The second kappa shape index (κ2) is 42.1. The Morgan fingerprint density at radius 2 is 1.32 bits per heavy atom. The fourth-order valence-electron chi connectivity index (χ4n) is 8.63. The number of nitrogens with zero attached hydrogens (tertiary/aromatic N) is 4. The van der Waals surface area contributed by atoms with Crippen molar-refractivity contribution in [2.75, 3.05) is 38.7 Å². The molecule has 0 bridgehead atoms. The van der Waals surface area contributed by atoms with Gasteiger partial charge in [0.05, 0.1) is 37.3 Å². The first-order chi connectivity index (χ1) is 37.8. The maximum absolute atomic E-state index is 12.7. The molecule has 2 heterocycles. The third-order valence-electron chi connectivity index (χ3n) is 13.3. The Morgan fingerprint density at radius 1 is 0.658 bits per heavy atom. The highest BCUT2D eigenvalue weighted by atomic mass is 32.2. The van der Waals surface area contributed by atoms with E-state index in [4.69, 9.17) is 15.2 Å². The van der Waals surface area contributed by atoms with Crippen LogP contribution in [0.5, 0.6) is 0 Å². The van der Waals surface area contributed by atoms with Gasteiger partial charge in [-0.25, -0.2) is 18.2 Å². The Bertz CT molecular complexity index is 2210. The van der Waals surface area contributed by atoms with Crippen molar-refractivity contribution in [2.45, 2.75) is 205 Å². The monoisotopic (exact) mass is 1140 g/mol. The van der Waals surface area contributed by atoms with Crippen molar-refractivity contribution >= 4 is 62.8 Å². The summed E-state index contributed by atoms with van der Waals surface area (Å²) in [6.45, 7) is 1.38. The second-order valence-electron chi connectivity index (χ2n) is 20.2. The molecule has 0 aliphatic rings. The normalized spacial score (nSPS) is 13.0. The van der Waals surface area contributed by atoms with Crippen LogP contribution in [0.2, 0.25) is 0 Å². The number of amides is 3. The molecule has 2 aromatic rings. The Balaban J connectivity index is 1.46. The van der Waals surface area contributed by atoms with Crippen molar-refractivity contribution in [3.8, 4) is 0 Å². The highest BCUT2D eigenvalue weighted by molar-refractivity contribution is 7.90. The fourth-order valence-corrected chi connectivity index (χ4v) is 9.71. The zero-order chi connectivity index (χ0) is 58.1. The van der Waals surface area contributed by atoms with E-state index in [2.05, 4.69) is 45.9 Å². The lowest BCUT2D eigenvalue weighted by Gasteiger charge is -2.16. The topological polar surface area (TPSA) is 392 Å². The number of ketones is 4. The number of H-pyrrole nitrogens is 2. The zero-order valence-corrected chi connectivity index (χ0v) is 47.0. The van der Waals surface area contributed by atoms with E-state index in [1.54, 1.807) is 6.20 Å². The van der Waals surface area contributed by atoms with E-state index in [-0.39, 0.29) is 114 Å². The first kappa shape index (κ1) is 69.2. The highest BCUT2D eigenvalue weighted by Crippen LogP contribution is 2.18. The van der Waals surface area contributed by atoms with Crippen LogP contribution in [0.15, 0.2) is 12.5 Å². The van der Waals surface area contributed by atoms with Crippen LogP contribution < -0.4 is 21.1 Å². The van der Waals surface area contributed by atoms with E-state index >= 15 is 0 Å². The van der Waals surface area contributed by atoms with Gasteiger partial charge < -0.3 is 41.0 Å². The predicted octanol–water partition coefficient (Wildman–Crippen LogP) is 4.35. The molecular weight excluding hydrogens is 1050 g/mol. The number of nitrogens with one attached hydrogen (secondary N) is 5. The quantitative estimate of drug-likeness (QED) is 0.0427. The summed E-state index contributed by atoms with van der Waals surface area (Å²) < 4.78 is 37.5. The van der Waals surface area contributed by atoms with Gasteiger partial charge in [-0.3, -0.25) is 43.1 Å². The average molecular weight is 1140 g/mol. The van der Waals surface area contributed by atoms with E-state index in [0.717, 1.165) is 44.3 Å². The molecule has 3 amide bonds. The molecule has 0 unspecified atom stereocenters. The number of carboxylic acids is 2. The summed E-state index contributed by atoms with van der Waals surface area (Å²) in [5.74, 6) is -6.83. The van der Waals surface area contributed by atoms with Crippen molar-refractivity contribution in [1.29, 1.82) is 0 Å². The molecule has 0 aliphatic heterocycles. The van der Waals surface area contributed by atoms with Gasteiger partial charge in [-0.15, -0.1) is 10.2 Å². The van der Waals surface area contributed by atoms with Crippen LogP contribution in [0.3, 0.4) is 0 Å². The zero-order valence-electron chi connectivity index (χ0n) is 46.2. The van der Waals surface area contributed by atoms with Crippen LogP contribution in [0, 0.1) is 11.8 Å². The first-order valence-electron chi connectivity index (χ1n) is 28.1. The number of carbonyl (C=O) groups excluding carboxylic acids is 7. The van der Waals surface area contributed by atoms with Crippen molar-refractivity contribution in [2.24, 2.45) is 17.6 Å². The highest BCUT2D eigenvalue weighted by Gasteiger charge is 2.26. The molecule has 25 nitrogen and oxygen atoms in total. The van der Waals surface area contributed by atoms with Gasteiger partial charge in [0.2, 0.25) is 27.7 Å². The number of hydrogen-bond acceptors (Lipinski definition) is 18. The second-order valence-corrected chi connectivity index (χ2v) is 22.0. The summed E-state index contributed by atoms with van der Waals surface area (Å²) in [6, 6.07) is -2.23. The lowest BCUT2D eigenvalue weighted by Crippen LogP contribution is -2.42. The molecule has 79 heavy (non-hydrogen) atoms. The molecule has 0 aliphatic carbocycles. The number of rotatable bonds is 52. The number of nitrogens with two attached hydrogens (primary N) is 1. The van der Waals surface area contributed by atoms with Crippen molar-refractivity contribution < 1.29 is 71.3 Å². The summed E-state index contributed by atoms with van der Waals surface area (Å²) >= 11 is 0. The van der Waals surface area contributed by atoms with Crippen LogP contribution in [-0.4, -0.2) is 153 Å². The standard InChI is InChI=1S/C53H88N10O15S/c1-39(64)40(34-47(67)45(54)35-42-36-55-38-57-42)19-15-16-28-56-49(68)27-24-41(52(71)72)33-44(66)25-26-46(53(73)74)58-51(70)37-78-31-30-77-29-17-20-43(65)21-18-32-79(75,76)61-50(69)23-14-12-10-8-6-4-2-3-5-7-9-11-13-22-48-59-62-63-60-48/h36,38,40-41,45-46H,2-35,37,54H2,1H3,(H,55,57)(H,56,68)(H,58,70)(H,61,69)(H,71,72)(H,73,74)(H,59,60,62,63)/t40-,41-,45+,46+/m1/s1. The number of sulfonamides is 1. The Labute approximate surface area is 464 Å². The maximum atomic E-state index is 12.7. The van der Waals surface area contributed by atoms with Gasteiger partial charge in [-0.1, -0.05) is 82.3 Å². The smallest absolute Gasteiger partial charge is 0.326 e. The summed E-state index contributed by atoms with van der Waals surface area (Å²) in [5, 5.41) is 38.2. The van der Waals surface area contributed by atoms with Gasteiger partial charge in [-0.05, 0) is 58.3 Å². The number of carboxylic acid groups (broad SMARTS) is 2. The van der Waals surface area contributed by atoms with Crippen LogP contribution in [0.4, 0.5) is 0 Å². The minimum absolute atomic E-state index is 0.00530. The lowest BCUT2D eigenvalue weighted by atomic mass is 9.90. The Kier molecular flexibility index (Phi) is 36.9. The number of hydrogen-bond donors (Lipinski definition) is 8. The molecule has 2 aromatic heterocycles. The summed E-state index contributed by atoms with van der Waals surface area (Å²) in [6.07, 6.45) is 19.3. The van der Waals surface area contributed by atoms with Crippen LogP contribution >= 0.6 is 0 Å². The minimum Gasteiger partial charge on any atom is -0.481 e. The van der Waals surface area contributed by atoms with Crippen LogP contribution in [-0.2, 0) is 75.5 Å². The predicted molar refractivity (Wildman–Crippen MR) is 289 cm³/mol. The van der Waals surface area contributed by atoms with E-state index < -0.39 is 82.4 Å². The van der Waals surface area contributed by atoms with Crippen LogP contribution in [0.1, 0.15) is 192 Å². The summed E-state index contributed by atoms with van der Waals surface area (Å²) in [4.78, 5) is 117. The molecule has 4 atom stereocenters. The molecule has 0 saturated carbocycles. The third-order valence-corrected chi connectivity index (χ3v) is 14.7. The number of aromatic nitrogens is 6. The van der Waals surface area contributed by atoms with Gasteiger partial charge >= 0.3 is 11.9 Å². The minimum atomic E-state index is -3.85.